The Morgan fingerprint density at radius 2 is 2.05 bits per heavy atom. The molecule has 0 spiro atoms. The summed E-state index contributed by atoms with van der Waals surface area (Å²) in [6.07, 6.45) is -0.769. The second kappa shape index (κ2) is 6.40. The number of aromatic nitrogens is 4. The fourth-order valence-electron chi connectivity index (χ4n) is 1.95. The summed E-state index contributed by atoms with van der Waals surface area (Å²) in [4.78, 5) is 1.38. The van der Waals surface area contributed by atoms with E-state index in [1.54, 1.807) is 7.05 Å². The lowest BCUT2D eigenvalue weighted by Crippen LogP contribution is -2.24. The standard InChI is InChI=1S/C13H18N4O2/c1-3-19-13(10-7-5-4-6-8-10)11(18)9-12-14-16-17(2)15-12/h4-8,11,13,18H,3,9H2,1-2H3. The first-order valence-corrected chi connectivity index (χ1v) is 6.28. The van der Waals surface area contributed by atoms with Crippen molar-refractivity contribution in [3.8, 4) is 0 Å². The van der Waals surface area contributed by atoms with Crippen molar-refractivity contribution in [3.05, 3.63) is 41.7 Å². The number of aliphatic hydroxyl groups excluding tert-OH is 1. The van der Waals surface area contributed by atoms with E-state index in [2.05, 4.69) is 15.4 Å². The highest BCUT2D eigenvalue weighted by atomic mass is 16.5. The van der Waals surface area contributed by atoms with Crippen molar-refractivity contribution in [1.29, 1.82) is 0 Å². The smallest absolute Gasteiger partial charge is 0.177 e. The third-order valence-corrected chi connectivity index (χ3v) is 2.77. The fraction of sp³-hybridized carbons (Fsp3) is 0.462. The van der Waals surface area contributed by atoms with Crippen LogP contribution in [0.4, 0.5) is 0 Å². The maximum atomic E-state index is 10.3. The van der Waals surface area contributed by atoms with Gasteiger partial charge in [0.1, 0.15) is 6.10 Å². The van der Waals surface area contributed by atoms with Crippen LogP contribution < -0.4 is 0 Å². The topological polar surface area (TPSA) is 73.1 Å². The lowest BCUT2D eigenvalue weighted by atomic mass is 10.0. The Kier molecular flexibility index (Phi) is 4.59. The van der Waals surface area contributed by atoms with Crippen molar-refractivity contribution in [2.75, 3.05) is 6.61 Å². The number of hydrogen-bond acceptors (Lipinski definition) is 5. The van der Waals surface area contributed by atoms with E-state index >= 15 is 0 Å². The van der Waals surface area contributed by atoms with Gasteiger partial charge < -0.3 is 9.84 Å². The third-order valence-electron chi connectivity index (χ3n) is 2.77. The van der Waals surface area contributed by atoms with E-state index in [4.69, 9.17) is 4.74 Å². The molecule has 0 radical (unpaired) electrons. The average molecular weight is 262 g/mol. The molecule has 0 amide bonds. The van der Waals surface area contributed by atoms with Crippen molar-refractivity contribution in [2.45, 2.75) is 25.6 Å². The highest BCUT2D eigenvalue weighted by molar-refractivity contribution is 5.19. The summed E-state index contributed by atoms with van der Waals surface area (Å²) in [5, 5.41) is 22.0. The molecule has 0 aliphatic heterocycles. The van der Waals surface area contributed by atoms with Gasteiger partial charge in [0.2, 0.25) is 0 Å². The van der Waals surface area contributed by atoms with Crippen LogP contribution in [0.15, 0.2) is 30.3 Å². The maximum absolute atomic E-state index is 10.3. The molecule has 1 heterocycles. The van der Waals surface area contributed by atoms with Gasteiger partial charge in [-0.15, -0.1) is 10.2 Å². The minimum Gasteiger partial charge on any atom is -0.390 e. The van der Waals surface area contributed by atoms with Crippen LogP contribution in [-0.2, 0) is 18.2 Å². The monoisotopic (exact) mass is 262 g/mol. The molecular formula is C13H18N4O2. The number of aliphatic hydroxyl groups is 1. The van der Waals surface area contributed by atoms with Gasteiger partial charge in [0.05, 0.1) is 13.2 Å². The van der Waals surface area contributed by atoms with Crippen LogP contribution in [0.2, 0.25) is 0 Å². The molecule has 0 bridgehead atoms. The number of rotatable bonds is 6. The summed E-state index contributed by atoms with van der Waals surface area (Å²) < 4.78 is 5.64. The summed E-state index contributed by atoms with van der Waals surface area (Å²) in [5.74, 6) is 0.510. The minimum absolute atomic E-state index is 0.313. The number of hydrogen-bond donors (Lipinski definition) is 1. The molecule has 0 aliphatic carbocycles. The molecule has 0 saturated carbocycles. The zero-order valence-electron chi connectivity index (χ0n) is 11.1. The summed E-state index contributed by atoms with van der Waals surface area (Å²) >= 11 is 0. The molecule has 0 fully saturated rings. The fourth-order valence-corrected chi connectivity index (χ4v) is 1.95. The van der Waals surface area contributed by atoms with E-state index in [9.17, 15) is 5.11 Å². The Morgan fingerprint density at radius 1 is 1.32 bits per heavy atom. The molecule has 1 aromatic carbocycles. The van der Waals surface area contributed by atoms with Gasteiger partial charge in [-0.1, -0.05) is 30.3 Å². The Morgan fingerprint density at radius 3 is 2.63 bits per heavy atom. The maximum Gasteiger partial charge on any atom is 0.177 e. The highest BCUT2D eigenvalue weighted by Crippen LogP contribution is 2.22. The van der Waals surface area contributed by atoms with Gasteiger partial charge >= 0.3 is 0 Å². The predicted molar refractivity (Wildman–Crippen MR) is 69.3 cm³/mol. The normalized spacial score (nSPS) is 14.3. The van der Waals surface area contributed by atoms with Crippen LogP contribution in [0.3, 0.4) is 0 Å². The summed E-state index contributed by atoms with van der Waals surface area (Å²) in [6.45, 7) is 2.44. The Hall–Kier alpha value is -1.79. The predicted octanol–water partition coefficient (Wildman–Crippen LogP) is 0.891. The van der Waals surface area contributed by atoms with E-state index in [0.29, 0.717) is 18.9 Å². The van der Waals surface area contributed by atoms with Crippen molar-refractivity contribution < 1.29 is 9.84 Å². The number of ether oxygens (including phenoxy) is 1. The molecule has 2 aromatic rings. The SMILES string of the molecule is CCOC(c1ccccc1)C(O)Cc1nnn(C)n1. The second-order valence-corrected chi connectivity index (χ2v) is 4.25. The number of benzene rings is 1. The summed E-state index contributed by atoms with van der Waals surface area (Å²) in [5.41, 5.74) is 0.945. The first-order chi connectivity index (χ1) is 9.20. The van der Waals surface area contributed by atoms with E-state index in [-0.39, 0.29) is 6.10 Å². The van der Waals surface area contributed by atoms with E-state index in [1.165, 1.54) is 4.80 Å². The molecule has 6 heteroatoms. The van der Waals surface area contributed by atoms with E-state index in [1.807, 2.05) is 37.3 Å². The van der Waals surface area contributed by atoms with Crippen molar-refractivity contribution in [1.82, 2.24) is 20.2 Å². The van der Waals surface area contributed by atoms with Crippen LogP contribution in [0.25, 0.3) is 0 Å². The van der Waals surface area contributed by atoms with E-state index in [0.717, 1.165) is 5.56 Å². The average Bonchev–Trinajstić information content (AvgIpc) is 2.82. The van der Waals surface area contributed by atoms with Crippen LogP contribution in [0.1, 0.15) is 24.4 Å². The Balaban J connectivity index is 2.10. The van der Waals surface area contributed by atoms with Crippen LogP contribution >= 0.6 is 0 Å². The number of nitrogens with zero attached hydrogens (tertiary/aromatic N) is 4. The van der Waals surface area contributed by atoms with Crippen molar-refractivity contribution in [3.63, 3.8) is 0 Å². The quantitative estimate of drug-likeness (QED) is 0.837. The molecule has 2 atom stereocenters. The molecule has 6 nitrogen and oxygen atoms in total. The van der Waals surface area contributed by atoms with Gasteiger partial charge in [0.25, 0.3) is 0 Å². The number of tetrazole rings is 1. The lowest BCUT2D eigenvalue weighted by molar-refractivity contribution is -0.0347. The van der Waals surface area contributed by atoms with Gasteiger partial charge in [-0.2, -0.15) is 4.80 Å². The first-order valence-electron chi connectivity index (χ1n) is 6.28. The minimum atomic E-state index is -0.702. The molecule has 102 valence electrons. The Labute approximate surface area is 112 Å². The van der Waals surface area contributed by atoms with Crippen molar-refractivity contribution >= 4 is 0 Å². The molecule has 2 rings (SSSR count). The molecular weight excluding hydrogens is 244 g/mol. The molecule has 2 unspecified atom stereocenters. The zero-order valence-corrected chi connectivity index (χ0v) is 11.1. The number of aryl methyl sites for hydroxylation is 1. The van der Waals surface area contributed by atoms with Crippen LogP contribution in [0.5, 0.6) is 0 Å². The molecule has 0 saturated heterocycles. The molecule has 19 heavy (non-hydrogen) atoms. The summed E-state index contributed by atoms with van der Waals surface area (Å²) in [7, 11) is 1.69. The largest absolute Gasteiger partial charge is 0.390 e. The van der Waals surface area contributed by atoms with Gasteiger partial charge in [0.15, 0.2) is 5.82 Å². The van der Waals surface area contributed by atoms with Gasteiger partial charge in [-0.25, -0.2) is 0 Å². The molecule has 1 N–H and O–H groups in total. The lowest BCUT2D eigenvalue weighted by Gasteiger charge is -2.22. The Bertz CT molecular complexity index is 500. The van der Waals surface area contributed by atoms with Gasteiger partial charge in [-0.05, 0) is 17.7 Å². The van der Waals surface area contributed by atoms with E-state index < -0.39 is 6.10 Å². The third kappa shape index (κ3) is 3.59. The van der Waals surface area contributed by atoms with Crippen molar-refractivity contribution in [2.24, 2.45) is 7.05 Å². The molecule has 1 aromatic heterocycles. The second-order valence-electron chi connectivity index (χ2n) is 4.25. The highest BCUT2D eigenvalue weighted by Gasteiger charge is 2.23. The van der Waals surface area contributed by atoms with Crippen LogP contribution in [0, 0.1) is 0 Å². The van der Waals surface area contributed by atoms with Crippen LogP contribution in [-0.4, -0.2) is 38.0 Å². The first kappa shape index (κ1) is 13.6. The zero-order chi connectivity index (χ0) is 13.7. The molecule has 0 aliphatic rings. The summed E-state index contributed by atoms with van der Waals surface area (Å²) in [6, 6.07) is 9.66. The van der Waals surface area contributed by atoms with Gasteiger partial charge in [-0.3, -0.25) is 0 Å². The van der Waals surface area contributed by atoms with Gasteiger partial charge in [0, 0.05) is 13.0 Å².